The van der Waals surface area contributed by atoms with Gasteiger partial charge in [-0.25, -0.2) is 0 Å². The zero-order valence-electron chi connectivity index (χ0n) is 25.6. The van der Waals surface area contributed by atoms with Gasteiger partial charge < -0.3 is 14.8 Å². The number of Topliss-reactive ketones (excluding diaryl/α,β-unsaturated/α-hetero) is 1. The first kappa shape index (κ1) is 31.7. The highest BCUT2D eigenvalue weighted by molar-refractivity contribution is 5.81. The van der Waals surface area contributed by atoms with Gasteiger partial charge in [0.15, 0.2) is 0 Å². The molecular formula is C31H60N2O3. The zero-order chi connectivity index (χ0) is 27.2. The predicted octanol–water partition coefficient (Wildman–Crippen LogP) is 6.98. The number of hydrogen-bond donors (Lipinski definition) is 1. The van der Waals surface area contributed by atoms with Crippen molar-refractivity contribution in [1.82, 2.24) is 10.2 Å². The molecule has 1 saturated carbocycles. The third kappa shape index (κ3) is 8.78. The molecule has 1 aliphatic heterocycles. The van der Waals surface area contributed by atoms with Gasteiger partial charge in [0, 0.05) is 36.1 Å². The topological polar surface area (TPSA) is 50.8 Å². The van der Waals surface area contributed by atoms with Crippen molar-refractivity contribution in [2.24, 2.45) is 16.7 Å². The number of rotatable bonds is 14. The molecule has 0 radical (unpaired) electrons. The summed E-state index contributed by atoms with van der Waals surface area (Å²) in [5.74, 6) is 0.723. The van der Waals surface area contributed by atoms with E-state index in [1.54, 1.807) is 0 Å². The second kappa shape index (κ2) is 13.0. The van der Waals surface area contributed by atoms with Crippen molar-refractivity contribution in [3.8, 4) is 0 Å². The van der Waals surface area contributed by atoms with Crippen LogP contribution in [0.15, 0.2) is 0 Å². The molecule has 2 aliphatic rings. The first-order chi connectivity index (χ1) is 16.6. The van der Waals surface area contributed by atoms with E-state index >= 15 is 0 Å². The molecule has 0 unspecified atom stereocenters. The third-order valence-electron chi connectivity index (χ3n) is 9.47. The monoisotopic (exact) mass is 508 g/mol. The van der Waals surface area contributed by atoms with Gasteiger partial charge in [0.2, 0.25) is 0 Å². The summed E-state index contributed by atoms with van der Waals surface area (Å²) in [4.78, 5) is 15.4. The Bertz CT molecular complexity index is 649. The minimum Gasteiger partial charge on any atom is -0.355 e. The summed E-state index contributed by atoms with van der Waals surface area (Å²) in [6, 6.07) is 0.457. The van der Waals surface area contributed by atoms with Crippen LogP contribution in [0.1, 0.15) is 126 Å². The first-order valence-electron chi connectivity index (χ1n) is 14.8. The van der Waals surface area contributed by atoms with Crippen LogP contribution in [0.25, 0.3) is 0 Å². The Morgan fingerprint density at radius 2 is 1.31 bits per heavy atom. The van der Waals surface area contributed by atoms with E-state index in [9.17, 15) is 4.79 Å². The van der Waals surface area contributed by atoms with Crippen LogP contribution in [0, 0.1) is 16.7 Å². The number of likely N-dealkylation sites (tertiary alicyclic amines) is 1. The fourth-order valence-corrected chi connectivity index (χ4v) is 7.66. The molecule has 1 saturated heterocycles. The molecule has 0 atom stereocenters. The Morgan fingerprint density at radius 1 is 0.806 bits per heavy atom. The molecule has 1 N–H and O–H groups in total. The quantitative estimate of drug-likeness (QED) is 0.203. The Balaban J connectivity index is 1.51. The SMILES string of the molecule is CNC1C(C)(C)CC(C(=O)CCCCCCCCOCOC2CC(C)(C)N(C)C(C)(C)C2)CC1(C)C. The van der Waals surface area contributed by atoms with Crippen LogP contribution < -0.4 is 5.32 Å². The molecule has 212 valence electrons. The summed E-state index contributed by atoms with van der Waals surface area (Å²) in [5.41, 5.74) is 0.612. The highest BCUT2D eigenvalue weighted by Crippen LogP contribution is 2.49. The molecule has 2 fully saturated rings. The van der Waals surface area contributed by atoms with E-state index in [0.29, 0.717) is 18.6 Å². The van der Waals surface area contributed by atoms with Crippen LogP contribution in [0.4, 0.5) is 0 Å². The lowest BCUT2D eigenvalue weighted by atomic mass is 9.57. The van der Waals surface area contributed by atoms with Crippen molar-refractivity contribution in [1.29, 1.82) is 0 Å². The zero-order valence-corrected chi connectivity index (χ0v) is 25.6. The van der Waals surface area contributed by atoms with E-state index < -0.39 is 0 Å². The average molecular weight is 509 g/mol. The van der Waals surface area contributed by atoms with Gasteiger partial charge in [0.1, 0.15) is 12.6 Å². The van der Waals surface area contributed by atoms with E-state index in [1.165, 1.54) is 19.3 Å². The number of ether oxygens (including phenoxy) is 2. The minimum absolute atomic E-state index is 0.149. The average Bonchev–Trinajstić information content (AvgIpc) is 2.73. The molecule has 0 aromatic heterocycles. The van der Waals surface area contributed by atoms with Crippen LogP contribution in [-0.2, 0) is 14.3 Å². The van der Waals surface area contributed by atoms with Crippen molar-refractivity contribution in [3.05, 3.63) is 0 Å². The number of nitrogens with zero attached hydrogens (tertiary/aromatic N) is 1. The first-order valence-corrected chi connectivity index (χ1v) is 14.8. The molecule has 0 aromatic rings. The number of unbranched alkanes of at least 4 members (excludes halogenated alkanes) is 5. The Morgan fingerprint density at radius 3 is 1.83 bits per heavy atom. The lowest BCUT2D eigenvalue weighted by molar-refractivity contribution is -0.144. The number of carbonyl (C=O) groups excluding carboxylic acids is 1. The number of ketones is 1. The molecular weight excluding hydrogens is 448 g/mol. The summed E-state index contributed by atoms with van der Waals surface area (Å²) in [5, 5.41) is 3.53. The van der Waals surface area contributed by atoms with E-state index in [-0.39, 0.29) is 33.9 Å². The number of nitrogens with one attached hydrogen (secondary N) is 1. The maximum Gasteiger partial charge on any atom is 0.147 e. The largest absolute Gasteiger partial charge is 0.355 e. The lowest BCUT2D eigenvalue weighted by Crippen LogP contribution is -2.60. The normalized spacial score (nSPS) is 27.7. The van der Waals surface area contributed by atoms with E-state index in [0.717, 1.165) is 58.0 Å². The highest BCUT2D eigenvalue weighted by atomic mass is 16.7. The predicted molar refractivity (Wildman–Crippen MR) is 151 cm³/mol. The van der Waals surface area contributed by atoms with Gasteiger partial charge in [0.05, 0.1) is 6.10 Å². The fourth-order valence-electron chi connectivity index (χ4n) is 7.66. The van der Waals surface area contributed by atoms with Gasteiger partial charge in [0.25, 0.3) is 0 Å². The summed E-state index contributed by atoms with van der Waals surface area (Å²) in [6.45, 7) is 19.7. The smallest absolute Gasteiger partial charge is 0.147 e. The maximum atomic E-state index is 13.0. The van der Waals surface area contributed by atoms with Crippen LogP contribution in [0.2, 0.25) is 0 Å². The van der Waals surface area contributed by atoms with Crippen molar-refractivity contribution >= 4 is 5.78 Å². The van der Waals surface area contributed by atoms with E-state index in [1.807, 2.05) is 0 Å². The van der Waals surface area contributed by atoms with Gasteiger partial charge in [-0.05, 0) is 91.1 Å². The maximum absolute atomic E-state index is 13.0. The molecule has 0 bridgehead atoms. The van der Waals surface area contributed by atoms with E-state index in [4.69, 9.17) is 9.47 Å². The van der Waals surface area contributed by atoms with Crippen molar-refractivity contribution in [2.75, 3.05) is 27.5 Å². The summed E-state index contributed by atoms with van der Waals surface area (Å²) < 4.78 is 11.9. The van der Waals surface area contributed by atoms with Crippen LogP contribution in [0.5, 0.6) is 0 Å². The molecule has 0 spiro atoms. The highest BCUT2D eigenvalue weighted by Gasteiger charge is 2.48. The molecule has 1 aliphatic carbocycles. The summed E-state index contributed by atoms with van der Waals surface area (Å²) >= 11 is 0. The molecule has 0 amide bonds. The molecule has 1 heterocycles. The van der Waals surface area contributed by atoms with Crippen LogP contribution in [0.3, 0.4) is 0 Å². The molecule has 5 heteroatoms. The molecule has 0 aromatic carbocycles. The van der Waals surface area contributed by atoms with Gasteiger partial charge >= 0.3 is 0 Å². The molecule has 2 rings (SSSR count). The van der Waals surface area contributed by atoms with Crippen molar-refractivity contribution < 1.29 is 14.3 Å². The third-order valence-corrected chi connectivity index (χ3v) is 9.47. The number of carbonyl (C=O) groups is 1. The van der Waals surface area contributed by atoms with E-state index in [2.05, 4.69) is 79.7 Å². The second-order valence-corrected chi connectivity index (χ2v) is 14.5. The van der Waals surface area contributed by atoms with Crippen molar-refractivity contribution in [2.45, 2.75) is 149 Å². The summed E-state index contributed by atoms with van der Waals surface area (Å²) in [6.07, 6.45) is 12.1. The van der Waals surface area contributed by atoms with Gasteiger partial charge in [-0.2, -0.15) is 0 Å². The van der Waals surface area contributed by atoms with Crippen LogP contribution >= 0.6 is 0 Å². The fraction of sp³-hybridized carbons (Fsp3) is 0.968. The van der Waals surface area contributed by atoms with Gasteiger partial charge in [-0.15, -0.1) is 0 Å². The standard InChI is InChI=1S/C31H60N2O3/c1-28(2)19-24(20-29(3,4)27(28)32-9)26(34)17-15-13-11-12-14-16-18-35-23-36-25-21-30(5,6)33(10)31(7,8)22-25/h24-25,27,32H,11-23H2,1-10H3. The summed E-state index contributed by atoms with van der Waals surface area (Å²) in [7, 11) is 4.29. The molecule has 36 heavy (non-hydrogen) atoms. The number of hydrogen-bond acceptors (Lipinski definition) is 5. The molecule has 5 nitrogen and oxygen atoms in total. The lowest BCUT2D eigenvalue weighted by Gasteiger charge is -2.53. The van der Waals surface area contributed by atoms with Crippen molar-refractivity contribution in [3.63, 3.8) is 0 Å². The van der Waals surface area contributed by atoms with Gasteiger partial charge in [-0.3, -0.25) is 9.69 Å². The second-order valence-electron chi connectivity index (χ2n) is 14.5. The Kier molecular flexibility index (Phi) is 11.5. The van der Waals surface area contributed by atoms with Crippen LogP contribution in [-0.4, -0.2) is 61.4 Å². The minimum atomic E-state index is 0.149. The Labute approximate surface area is 223 Å². The van der Waals surface area contributed by atoms with Gasteiger partial charge in [-0.1, -0.05) is 53.4 Å². The number of piperidine rings is 1. The Hall–Kier alpha value is -0.490.